The van der Waals surface area contributed by atoms with E-state index in [1.165, 1.54) is 69.2 Å². The Labute approximate surface area is 225 Å². The van der Waals surface area contributed by atoms with Crippen LogP contribution in [0.5, 0.6) is 0 Å². The predicted molar refractivity (Wildman–Crippen MR) is 119 cm³/mol. The van der Waals surface area contributed by atoms with Crippen LogP contribution in [0.3, 0.4) is 0 Å². The van der Waals surface area contributed by atoms with Gasteiger partial charge in [-0.25, -0.2) is 25.0 Å². The van der Waals surface area contributed by atoms with E-state index in [2.05, 4.69) is 25.0 Å². The van der Waals surface area contributed by atoms with Crippen molar-refractivity contribution in [1.29, 1.82) is 0 Å². The molecule has 0 saturated heterocycles. The second kappa shape index (κ2) is 29.5. The molecule has 0 spiro atoms. The number of aliphatic imine (C=N–C) groups is 5. The molecule has 0 aromatic rings. The standard InChI is InChI=1S/5C4H7NO2.Ta/c5*1-3(6)5-4(2)7;/h5*1-2H3,(H,5,6,7);/q;;;;;+5/p-5. The average Bonchev–Trinajstić information content (AvgIpc) is 2.49. The van der Waals surface area contributed by atoms with Crippen LogP contribution in [-0.4, -0.2) is 59.0 Å². The molecular formula is C20H30N5O10Ta. The van der Waals surface area contributed by atoms with Gasteiger partial charge in [0.25, 0.3) is 0 Å². The molecule has 0 unspecified atom stereocenters. The summed E-state index contributed by atoms with van der Waals surface area (Å²) in [5.41, 5.74) is 0. The number of amides is 5. The maximum Gasteiger partial charge on any atom is 5.00 e. The second-order valence-electron chi connectivity index (χ2n) is 5.75. The van der Waals surface area contributed by atoms with Crippen molar-refractivity contribution in [1.82, 2.24) is 0 Å². The van der Waals surface area contributed by atoms with Gasteiger partial charge in [0.1, 0.15) is 0 Å². The van der Waals surface area contributed by atoms with E-state index in [-0.39, 0.29) is 22.4 Å². The van der Waals surface area contributed by atoms with Crippen LogP contribution in [0.1, 0.15) is 69.2 Å². The third-order valence-electron chi connectivity index (χ3n) is 1.57. The van der Waals surface area contributed by atoms with Gasteiger partial charge in [-0.1, -0.05) is 0 Å². The van der Waals surface area contributed by atoms with Gasteiger partial charge in [0, 0.05) is 34.6 Å². The number of carbonyl (C=O) groups is 5. The third-order valence-corrected chi connectivity index (χ3v) is 1.57. The molecule has 0 atom stereocenters. The molecular weight excluding hydrogens is 651 g/mol. The molecule has 0 aliphatic heterocycles. The molecule has 0 aliphatic carbocycles. The minimum absolute atomic E-state index is 0. The largest absolute Gasteiger partial charge is 5.00 e. The third kappa shape index (κ3) is 97.6. The Hall–Kier alpha value is -3.56. The number of nitrogens with zero attached hydrogens (tertiary/aromatic N) is 5. The first-order valence-electron chi connectivity index (χ1n) is 9.28. The fourth-order valence-electron chi connectivity index (χ4n) is 1.11. The molecule has 0 aromatic heterocycles. The van der Waals surface area contributed by atoms with Crippen LogP contribution >= 0.6 is 0 Å². The van der Waals surface area contributed by atoms with E-state index >= 15 is 0 Å². The quantitative estimate of drug-likeness (QED) is 0.180. The van der Waals surface area contributed by atoms with Gasteiger partial charge in [-0.3, -0.25) is 24.0 Å². The van der Waals surface area contributed by atoms with E-state index in [9.17, 15) is 49.5 Å². The Kier molecular flexibility index (Phi) is 37.6. The molecule has 0 heterocycles. The first-order chi connectivity index (χ1) is 15.6. The molecule has 0 aromatic carbocycles. The maximum absolute atomic E-state index is 9.87. The van der Waals surface area contributed by atoms with Crippen molar-refractivity contribution < 1.29 is 71.9 Å². The van der Waals surface area contributed by atoms with Crippen LogP contribution in [0.15, 0.2) is 25.0 Å². The summed E-state index contributed by atoms with van der Waals surface area (Å²) in [6, 6.07) is 0. The summed E-state index contributed by atoms with van der Waals surface area (Å²) < 4.78 is 0. The van der Waals surface area contributed by atoms with Crippen LogP contribution in [0.2, 0.25) is 0 Å². The van der Waals surface area contributed by atoms with Crippen LogP contribution < -0.4 is 25.5 Å². The topological polar surface area (TPSA) is 262 Å². The number of hydrogen-bond acceptors (Lipinski definition) is 10. The van der Waals surface area contributed by atoms with Crippen molar-refractivity contribution in [3.05, 3.63) is 0 Å². The van der Waals surface area contributed by atoms with Gasteiger partial charge in [-0.05, 0) is 64.1 Å². The first kappa shape index (κ1) is 45.9. The second-order valence-corrected chi connectivity index (χ2v) is 5.75. The zero-order valence-electron chi connectivity index (χ0n) is 21.8. The van der Waals surface area contributed by atoms with Crippen LogP contribution in [0.25, 0.3) is 0 Å². The van der Waals surface area contributed by atoms with Crippen LogP contribution in [-0.2, 0) is 46.4 Å². The zero-order chi connectivity index (χ0) is 29.3. The molecule has 5 amide bonds. The Morgan fingerprint density at radius 3 is 0.417 bits per heavy atom. The summed E-state index contributed by atoms with van der Waals surface area (Å²) in [5.74, 6) is -4.37. The fraction of sp³-hybridized carbons (Fsp3) is 0.500. The predicted octanol–water partition coefficient (Wildman–Crippen LogP) is -3.44. The fourth-order valence-corrected chi connectivity index (χ4v) is 1.11. The molecule has 15 nitrogen and oxygen atoms in total. The minimum Gasteiger partial charge on any atom is -0.862 e. The summed E-state index contributed by atoms with van der Waals surface area (Å²) in [7, 11) is 0. The van der Waals surface area contributed by atoms with Crippen LogP contribution in [0.4, 0.5) is 0 Å². The molecule has 0 N–H and O–H groups in total. The van der Waals surface area contributed by atoms with E-state index in [0.717, 1.165) is 0 Å². The van der Waals surface area contributed by atoms with E-state index in [0.29, 0.717) is 0 Å². The van der Waals surface area contributed by atoms with Crippen molar-refractivity contribution in [3.8, 4) is 0 Å². The van der Waals surface area contributed by atoms with Gasteiger partial charge in [0.15, 0.2) is 0 Å². The Balaban J connectivity index is -0.0000000776. The molecule has 0 bridgehead atoms. The van der Waals surface area contributed by atoms with Crippen molar-refractivity contribution in [2.24, 2.45) is 25.0 Å². The molecule has 0 aliphatic rings. The number of rotatable bonds is 0. The summed E-state index contributed by atoms with van der Waals surface area (Å²) in [4.78, 5) is 64.3. The zero-order valence-corrected chi connectivity index (χ0v) is 25.0. The summed E-state index contributed by atoms with van der Waals surface area (Å²) in [5, 5.41) is 49.3. The van der Waals surface area contributed by atoms with E-state index in [1.54, 1.807) is 0 Å². The average molecular weight is 681 g/mol. The molecule has 0 fully saturated rings. The van der Waals surface area contributed by atoms with Crippen LogP contribution in [0, 0.1) is 0 Å². The van der Waals surface area contributed by atoms with E-state index < -0.39 is 59.0 Å². The first-order valence-corrected chi connectivity index (χ1v) is 9.28. The van der Waals surface area contributed by atoms with Crippen molar-refractivity contribution in [3.63, 3.8) is 0 Å². The van der Waals surface area contributed by atoms with Gasteiger partial charge in [-0.2, -0.15) is 0 Å². The summed E-state index contributed by atoms with van der Waals surface area (Å²) >= 11 is 0. The van der Waals surface area contributed by atoms with Crippen molar-refractivity contribution in [2.75, 3.05) is 0 Å². The minimum atomic E-state index is -0.437. The Morgan fingerprint density at radius 2 is 0.417 bits per heavy atom. The Bertz CT molecular complexity index is 680. The molecule has 0 saturated carbocycles. The van der Waals surface area contributed by atoms with Gasteiger partial charge in [0.2, 0.25) is 29.5 Å². The molecule has 200 valence electrons. The molecule has 36 heavy (non-hydrogen) atoms. The normalized spacial score (nSPS) is 11.1. The number of hydrogen-bond donors (Lipinski definition) is 0. The van der Waals surface area contributed by atoms with E-state index in [1.807, 2.05) is 0 Å². The van der Waals surface area contributed by atoms with E-state index in [4.69, 9.17) is 0 Å². The van der Waals surface area contributed by atoms with Gasteiger partial charge in [0.05, 0.1) is 0 Å². The maximum atomic E-state index is 9.87. The van der Waals surface area contributed by atoms with Gasteiger partial charge in [-0.15, -0.1) is 0 Å². The van der Waals surface area contributed by atoms with Gasteiger partial charge >= 0.3 is 22.4 Å². The van der Waals surface area contributed by atoms with Crippen molar-refractivity contribution in [2.45, 2.75) is 69.2 Å². The smallest absolute Gasteiger partial charge is 0.862 e. The monoisotopic (exact) mass is 681 g/mol. The summed E-state index contributed by atoms with van der Waals surface area (Å²) in [6.07, 6.45) is 0. The van der Waals surface area contributed by atoms with Gasteiger partial charge < -0.3 is 25.5 Å². The summed E-state index contributed by atoms with van der Waals surface area (Å²) in [6.45, 7) is 12.4. The molecule has 0 rings (SSSR count). The SMILES string of the molecule is CC(=O)N=C(C)[O-].CC(=O)N=C(C)[O-].CC(=O)N=C(C)[O-].CC(=O)N=C(C)[O-].CC(=O)N=C(C)[O-].[Ta+5]. The molecule has 16 heteroatoms. The number of carbonyl (C=O) groups excluding carboxylic acids is 5. The Morgan fingerprint density at radius 1 is 0.333 bits per heavy atom. The molecule has 0 radical (unpaired) electrons. The van der Waals surface area contributed by atoms with Crippen molar-refractivity contribution >= 4 is 59.0 Å².